The molecule has 1 aromatic heterocycles. The fraction of sp³-hybridized carbons (Fsp3) is 0.308. The number of hydrogen-bond donors (Lipinski definition) is 3. The van der Waals surface area contributed by atoms with Crippen molar-refractivity contribution in [1.29, 1.82) is 5.26 Å². The quantitative estimate of drug-likeness (QED) is 0.440. The summed E-state index contributed by atoms with van der Waals surface area (Å²) in [5.74, 6) is 1.71. The highest BCUT2D eigenvalue weighted by atomic mass is 32.2. The number of piperidine rings is 1. The molecule has 1 aliphatic rings. The summed E-state index contributed by atoms with van der Waals surface area (Å²) in [5.41, 5.74) is 10.1. The standard InChI is InChI=1S/C26H30N6O3S/c1-17-13-20(15-27)14-18(2)25(17)35-24-8-7-23(28)26(31-24)30-21-9-11-32(12-10-21)16-19-3-5-22(6-4-19)36(29,33)34/h3-8,13-14,21H,9-12,16,28H2,1-2H3,(H,30,31)(H2,29,33,34). The van der Waals surface area contributed by atoms with Gasteiger partial charge in [0.1, 0.15) is 5.75 Å². The van der Waals surface area contributed by atoms with Crippen LogP contribution in [-0.4, -0.2) is 37.4 Å². The van der Waals surface area contributed by atoms with Crippen molar-refractivity contribution in [3.05, 3.63) is 70.8 Å². The first-order valence-electron chi connectivity index (χ1n) is 11.7. The van der Waals surface area contributed by atoms with Crippen LogP contribution in [0.1, 0.15) is 35.1 Å². The SMILES string of the molecule is Cc1cc(C#N)cc(C)c1Oc1ccc(N)c(NC2CCN(Cc3ccc(S(N)(=O)=O)cc3)CC2)n1. The summed E-state index contributed by atoms with van der Waals surface area (Å²) in [4.78, 5) is 7.06. The molecule has 2 aromatic carbocycles. The highest BCUT2D eigenvalue weighted by molar-refractivity contribution is 7.89. The summed E-state index contributed by atoms with van der Waals surface area (Å²) >= 11 is 0. The number of hydrogen-bond acceptors (Lipinski definition) is 8. The highest BCUT2D eigenvalue weighted by Crippen LogP contribution is 2.31. The van der Waals surface area contributed by atoms with Gasteiger partial charge in [-0.1, -0.05) is 12.1 Å². The maximum atomic E-state index is 11.4. The molecule has 5 N–H and O–H groups in total. The second kappa shape index (κ2) is 10.5. The van der Waals surface area contributed by atoms with Gasteiger partial charge in [-0.25, -0.2) is 13.6 Å². The van der Waals surface area contributed by atoms with Crippen LogP contribution in [0.5, 0.6) is 11.6 Å². The van der Waals surface area contributed by atoms with Crippen LogP contribution in [0, 0.1) is 25.2 Å². The minimum absolute atomic E-state index is 0.120. The molecule has 9 nitrogen and oxygen atoms in total. The summed E-state index contributed by atoms with van der Waals surface area (Å²) in [5, 5.41) is 17.8. The second-order valence-corrected chi connectivity index (χ2v) is 10.7. The summed E-state index contributed by atoms with van der Waals surface area (Å²) < 4.78 is 28.9. The zero-order chi connectivity index (χ0) is 25.9. The van der Waals surface area contributed by atoms with Crippen LogP contribution in [0.15, 0.2) is 53.4 Å². The highest BCUT2D eigenvalue weighted by Gasteiger charge is 2.21. The van der Waals surface area contributed by atoms with Crippen LogP contribution >= 0.6 is 0 Å². The van der Waals surface area contributed by atoms with Crippen molar-refractivity contribution in [3.63, 3.8) is 0 Å². The molecule has 3 aromatic rings. The van der Waals surface area contributed by atoms with Crippen molar-refractivity contribution in [2.75, 3.05) is 24.1 Å². The topological polar surface area (TPSA) is 147 Å². The number of ether oxygens (including phenoxy) is 1. The Morgan fingerprint density at radius 1 is 1.11 bits per heavy atom. The van der Waals surface area contributed by atoms with E-state index in [0.29, 0.717) is 28.7 Å². The molecule has 36 heavy (non-hydrogen) atoms. The van der Waals surface area contributed by atoms with Crippen molar-refractivity contribution in [2.24, 2.45) is 5.14 Å². The number of nitrogens with one attached hydrogen (secondary N) is 1. The number of rotatable bonds is 7. The predicted molar refractivity (Wildman–Crippen MR) is 139 cm³/mol. The van der Waals surface area contributed by atoms with Crippen molar-refractivity contribution >= 4 is 21.5 Å². The van der Waals surface area contributed by atoms with E-state index in [0.717, 1.165) is 49.2 Å². The molecular weight excluding hydrogens is 476 g/mol. The monoisotopic (exact) mass is 506 g/mol. The average Bonchev–Trinajstić information content (AvgIpc) is 2.84. The van der Waals surface area contributed by atoms with Gasteiger partial charge in [-0.2, -0.15) is 10.2 Å². The predicted octanol–water partition coefficient (Wildman–Crippen LogP) is 3.67. The van der Waals surface area contributed by atoms with Gasteiger partial charge in [0.25, 0.3) is 0 Å². The molecule has 2 heterocycles. The Morgan fingerprint density at radius 2 is 1.75 bits per heavy atom. The molecule has 0 bridgehead atoms. The number of likely N-dealkylation sites (tertiary alicyclic amines) is 1. The molecule has 1 fully saturated rings. The third-order valence-corrected chi connectivity index (χ3v) is 7.21. The van der Waals surface area contributed by atoms with Crippen LogP contribution in [-0.2, 0) is 16.6 Å². The van der Waals surface area contributed by atoms with E-state index < -0.39 is 10.0 Å². The van der Waals surface area contributed by atoms with E-state index in [-0.39, 0.29) is 10.9 Å². The Bertz CT molecular complexity index is 1370. The number of nitrogens with zero attached hydrogens (tertiary/aromatic N) is 3. The largest absolute Gasteiger partial charge is 0.438 e. The number of nitriles is 1. The third-order valence-electron chi connectivity index (χ3n) is 6.28. The Kier molecular flexibility index (Phi) is 7.45. The second-order valence-electron chi connectivity index (χ2n) is 9.12. The van der Waals surface area contributed by atoms with Crippen molar-refractivity contribution in [2.45, 2.75) is 44.2 Å². The lowest BCUT2D eigenvalue weighted by atomic mass is 10.0. The molecule has 0 spiro atoms. The molecule has 0 saturated carbocycles. The van der Waals surface area contributed by atoms with Gasteiger partial charge in [-0.15, -0.1) is 0 Å². The number of aryl methyl sites for hydroxylation is 2. The number of aromatic nitrogens is 1. The third kappa shape index (κ3) is 6.12. The number of primary sulfonamides is 1. The smallest absolute Gasteiger partial charge is 0.238 e. The van der Waals surface area contributed by atoms with E-state index in [1.54, 1.807) is 48.5 Å². The van der Waals surface area contributed by atoms with Crippen molar-refractivity contribution in [3.8, 4) is 17.7 Å². The number of benzene rings is 2. The lowest BCUT2D eigenvalue weighted by molar-refractivity contribution is 0.211. The van der Waals surface area contributed by atoms with Crippen molar-refractivity contribution in [1.82, 2.24) is 9.88 Å². The molecule has 0 atom stereocenters. The summed E-state index contributed by atoms with van der Waals surface area (Å²) in [7, 11) is -3.68. The lowest BCUT2D eigenvalue weighted by Gasteiger charge is -2.32. The van der Waals surface area contributed by atoms with Gasteiger partial charge in [0.05, 0.1) is 22.2 Å². The van der Waals surface area contributed by atoms with E-state index in [2.05, 4.69) is 21.3 Å². The zero-order valence-corrected chi connectivity index (χ0v) is 21.2. The normalized spacial score (nSPS) is 14.8. The van der Waals surface area contributed by atoms with E-state index in [9.17, 15) is 8.42 Å². The maximum Gasteiger partial charge on any atom is 0.238 e. The number of nitrogens with two attached hydrogens (primary N) is 2. The Labute approximate surface area is 211 Å². The number of pyridine rings is 1. The van der Waals surface area contributed by atoms with Gasteiger partial charge in [-0.05, 0) is 73.7 Å². The van der Waals surface area contributed by atoms with E-state index in [1.807, 2.05) is 13.8 Å². The Morgan fingerprint density at radius 3 is 2.33 bits per heavy atom. The van der Waals surface area contributed by atoms with Gasteiger partial charge in [0.15, 0.2) is 5.82 Å². The first-order chi connectivity index (χ1) is 17.1. The minimum Gasteiger partial charge on any atom is -0.438 e. The van der Waals surface area contributed by atoms with Crippen LogP contribution in [0.3, 0.4) is 0 Å². The van der Waals surface area contributed by atoms with Crippen LogP contribution in [0.4, 0.5) is 11.5 Å². The van der Waals surface area contributed by atoms with Gasteiger partial charge in [0.2, 0.25) is 15.9 Å². The first kappa shape index (κ1) is 25.4. The van der Waals surface area contributed by atoms with Crippen LogP contribution in [0.25, 0.3) is 0 Å². The molecule has 0 unspecified atom stereocenters. The van der Waals surface area contributed by atoms with Crippen LogP contribution in [0.2, 0.25) is 0 Å². The maximum absolute atomic E-state index is 11.4. The van der Waals surface area contributed by atoms with Gasteiger partial charge in [0, 0.05) is 31.7 Å². The molecule has 0 radical (unpaired) electrons. The number of sulfonamides is 1. The summed E-state index contributed by atoms with van der Waals surface area (Å²) in [6.45, 7) is 6.32. The van der Waals surface area contributed by atoms with Gasteiger partial charge >= 0.3 is 0 Å². The number of anilines is 2. The van der Waals surface area contributed by atoms with E-state index >= 15 is 0 Å². The first-order valence-corrected chi connectivity index (χ1v) is 13.2. The summed E-state index contributed by atoms with van der Waals surface area (Å²) in [6, 6.07) is 16.2. The van der Waals surface area contributed by atoms with Crippen LogP contribution < -0.4 is 20.9 Å². The molecular formula is C26H30N6O3S. The van der Waals surface area contributed by atoms with E-state index in [1.165, 1.54) is 0 Å². The van der Waals surface area contributed by atoms with Gasteiger partial charge < -0.3 is 15.8 Å². The zero-order valence-electron chi connectivity index (χ0n) is 20.4. The Balaban J connectivity index is 1.36. The molecule has 188 valence electrons. The van der Waals surface area contributed by atoms with Crippen molar-refractivity contribution < 1.29 is 13.2 Å². The minimum atomic E-state index is -3.68. The molecule has 1 aliphatic heterocycles. The lowest BCUT2D eigenvalue weighted by Crippen LogP contribution is -2.38. The Hall–Kier alpha value is -3.65. The average molecular weight is 507 g/mol. The fourth-order valence-corrected chi connectivity index (χ4v) is 4.89. The van der Waals surface area contributed by atoms with E-state index in [4.69, 9.17) is 20.9 Å². The fourth-order valence-electron chi connectivity index (χ4n) is 4.38. The molecule has 10 heteroatoms. The van der Waals surface area contributed by atoms with Gasteiger partial charge in [-0.3, -0.25) is 4.90 Å². The molecule has 4 rings (SSSR count). The molecule has 0 amide bonds. The number of nitrogen functional groups attached to an aromatic ring is 1. The molecule has 1 saturated heterocycles. The summed E-state index contributed by atoms with van der Waals surface area (Å²) in [6.07, 6.45) is 1.82. The molecule has 0 aliphatic carbocycles.